The Bertz CT molecular complexity index is 3180. The lowest BCUT2D eigenvalue weighted by Gasteiger charge is -2.39. The van der Waals surface area contributed by atoms with Crippen LogP contribution in [0.2, 0.25) is 0 Å². The van der Waals surface area contributed by atoms with Crippen LogP contribution in [0.15, 0.2) is 212 Å². The zero-order valence-corrected chi connectivity index (χ0v) is 32.5. The molecule has 2 aliphatic rings. The van der Waals surface area contributed by atoms with Gasteiger partial charge in [-0.15, -0.1) is 0 Å². The van der Waals surface area contributed by atoms with Crippen LogP contribution >= 0.6 is 0 Å². The molecule has 4 heteroatoms. The first kappa shape index (κ1) is 34.1. The van der Waals surface area contributed by atoms with E-state index in [9.17, 15) is 0 Å². The Labute approximate surface area is 348 Å². The van der Waals surface area contributed by atoms with Crippen molar-refractivity contribution in [1.82, 2.24) is 15.0 Å². The topological polar surface area (TPSA) is 47.9 Å². The highest BCUT2D eigenvalue weighted by Crippen LogP contribution is 2.62. The number of hydrogen-bond donors (Lipinski definition) is 0. The van der Waals surface area contributed by atoms with E-state index in [4.69, 9.17) is 14.7 Å². The van der Waals surface area contributed by atoms with Gasteiger partial charge in [-0.05, 0) is 87.0 Å². The summed E-state index contributed by atoms with van der Waals surface area (Å²) in [5.74, 6) is 2.39. The van der Waals surface area contributed by atoms with E-state index in [0.29, 0.717) is 5.82 Å². The van der Waals surface area contributed by atoms with Crippen molar-refractivity contribution in [2.24, 2.45) is 0 Å². The smallest absolute Gasteiger partial charge is 0.160 e. The summed E-state index contributed by atoms with van der Waals surface area (Å²) in [4.78, 5) is 15.1. The molecule has 0 N–H and O–H groups in total. The highest BCUT2D eigenvalue weighted by molar-refractivity contribution is 5.95. The molecule has 0 amide bonds. The van der Waals surface area contributed by atoms with Crippen molar-refractivity contribution in [2.45, 2.75) is 5.41 Å². The van der Waals surface area contributed by atoms with Gasteiger partial charge >= 0.3 is 0 Å². The van der Waals surface area contributed by atoms with Gasteiger partial charge in [0.25, 0.3) is 0 Å². The van der Waals surface area contributed by atoms with Crippen LogP contribution < -0.4 is 4.74 Å². The quantitative estimate of drug-likeness (QED) is 0.175. The van der Waals surface area contributed by atoms with Gasteiger partial charge in [-0.3, -0.25) is 4.98 Å². The van der Waals surface area contributed by atoms with Crippen LogP contribution in [0.25, 0.3) is 78.2 Å². The summed E-state index contributed by atoms with van der Waals surface area (Å²) in [7, 11) is 0. The highest BCUT2D eigenvalue weighted by Gasteiger charge is 2.51. The van der Waals surface area contributed by atoms with Crippen LogP contribution in [0.3, 0.4) is 0 Å². The molecule has 0 bridgehead atoms. The van der Waals surface area contributed by atoms with Gasteiger partial charge in [0, 0.05) is 39.4 Å². The Morgan fingerprint density at radius 3 is 1.52 bits per heavy atom. The molecule has 0 atom stereocenters. The lowest BCUT2D eigenvalue weighted by Crippen LogP contribution is -2.32. The Balaban J connectivity index is 1.06. The Hall–Kier alpha value is -7.95. The first-order chi connectivity index (χ1) is 29.7. The van der Waals surface area contributed by atoms with Crippen molar-refractivity contribution in [1.29, 1.82) is 0 Å². The van der Waals surface area contributed by atoms with Crippen LogP contribution in [0.1, 0.15) is 22.3 Å². The third kappa shape index (κ3) is 5.28. The molecule has 1 aliphatic heterocycles. The van der Waals surface area contributed by atoms with E-state index in [1.165, 1.54) is 27.8 Å². The molecular weight excluding hydrogens is 731 g/mol. The van der Waals surface area contributed by atoms with Gasteiger partial charge in [-0.1, -0.05) is 164 Å². The zero-order chi connectivity index (χ0) is 39.6. The molecule has 3 heterocycles. The minimum absolute atomic E-state index is 0.669. The number of ether oxygens (including phenoxy) is 1. The summed E-state index contributed by atoms with van der Waals surface area (Å²) >= 11 is 0. The summed E-state index contributed by atoms with van der Waals surface area (Å²) in [6, 6.07) is 73.0. The number of fused-ring (bicyclic) bond motifs is 10. The van der Waals surface area contributed by atoms with E-state index in [2.05, 4.69) is 193 Å². The van der Waals surface area contributed by atoms with Crippen molar-refractivity contribution in [3.8, 4) is 78.8 Å². The SMILES string of the molecule is c1ccc(-c2cc(-c3ccccc3)nc(-c3ccc4c(c3)C3(c5ccccc5Oc5ccccc53)c3cc(-c5ccc(-c6ccnc7ccccc67)cc5)ccc3-4)n2)cc1. The van der Waals surface area contributed by atoms with Crippen molar-refractivity contribution < 1.29 is 4.74 Å². The van der Waals surface area contributed by atoms with Gasteiger partial charge in [0.15, 0.2) is 5.82 Å². The van der Waals surface area contributed by atoms with Crippen LogP contribution in [0.4, 0.5) is 0 Å². The third-order valence-electron chi connectivity index (χ3n) is 12.2. The first-order valence-electron chi connectivity index (χ1n) is 20.3. The predicted molar refractivity (Wildman–Crippen MR) is 242 cm³/mol. The van der Waals surface area contributed by atoms with Crippen LogP contribution in [0, 0.1) is 0 Å². The number of benzene rings is 8. The molecule has 0 saturated carbocycles. The third-order valence-corrected chi connectivity index (χ3v) is 12.2. The van der Waals surface area contributed by atoms with Gasteiger partial charge in [0.05, 0.1) is 22.3 Å². The average Bonchev–Trinajstić information content (AvgIpc) is 3.61. The summed E-state index contributed by atoms with van der Waals surface area (Å²) in [5.41, 5.74) is 16.8. The van der Waals surface area contributed by atoms with E-state index in [1.807, 2.05) is 24.4 Å². The number of nitrogens with zero attached hydrogens (tertiary/aromatic N) is 3. The molecule has 280 valence electrons. The van der Waals surface area contributed by atoms with Crippen LogP contribution in [-0.2, 0) is 5.41 Å². The van der Waals surface area contributed by atoms with Gasteiger partial charge < -0.3 is 4.74 Å². The van der Waals surface area contributed by atoms with E-state index in [-0.39, 0.29) is 0 Å². The van der Waals surface area contributed by atoms with Gasteiger partial charge in [-0.2, -0.15) is 0 Å². The highest BCUT2D eigenvalue weighted by atomic mass is 16.5. The van der Waals surface area contributed by atoms with E-state index in [1.54, 1.807) is 0 Å². The summed E-state index contributed by atoms with van der Waals surface area (Å²) < 4.78 is 6.71. The number of hydrogen-bond acceptors (Lipinski definition) is 4. The molecular formula is C56H35N3O. The van der Waals surface area contributed by atoms with E-state index in [0.717, 1.165) is 78.3 Å². The van der Waals surface area contributed by atoms with E-state index >= 15 is 0 Å². The second-order valence-corrected chi connectivity index (χ2v) is 15.5. The molecule has 2 aromatic heterocycles. The monoisotopic (exact) mass is 765 g/mol. The lowest BCUT2D eigenvalue weighted by molar-refractivity contribution is 0.436. The molecule has 12 rings (SSSR count). The second kappa shape index (κ2) is 13.6. The summed E-state index contributed by atoms with van der Waals surface area (Å²) in [5, 5.41) is 1.15. The zero-order valence-electron chi connectivity index (χ0n) is 32.5. The Kier molecular flexibility index (Phi) is 7.72. The minimum Gasteiger partial charge on any atom is -0.457 e. The maximum atomic E-state index is 6.71. The molecule has 1 spiro atoms. The number of para-hydroxylation sites is 3. The van der Waals surface area contributed by atoms with Crippen molar-refractivity contribution in [3.63, 3.8) is 0 Å². The number of rotatable bonds is 5. The molecule has 4 nitrogen and oxygen atoms in total. The minimum atomic E-state index is -0.669. The van der Waals surface area contributed by atoms with Gasteiger partial charge in [-0.25, -0.2) is 9.97 Å². The predicted octanol–water partition coefficient (Wildman–Crippen LogP) is 13.8. The second-order valence-electron chi connectivity index (χ2n) is 15.5. The molecule has 0 saturated heterocycles. The number of aromatic nitrogens is 3. The molecule has 1 aliphatic carbocycles. The number of pyridine rings is 1. The molecule has 60 heavy (non-hydrogen) atoms. The fraction of sp³-hybridized carbons (Fsp3) is 0.0179. The fourth-order valence-electron chi connectivity index (χ4n) is 9.50. The molecule has 8 aromatic carbocycles. The normalized spacial score (nSPS) is 12.9. The van der Waals surface area contributed by atoms with Crippen molar-refractivity contribution in [2.75, 3.05) is 0 Å². The molecule has 0 unspecified atom stereocenters. The standard InChI is InChI=1S/C56H35N3O/c1-3-13-38(14-4-1)51-35-52(39-15-5-2-6-16-39)59-55(58-51)41-28-30-44-43-29-27-40(36-23-25-37(26-24-36)42-31-32-57-50-20-10-7-17-45(42)50)33-48(43)56(49(44)34-41)46-18-8-11-21-53(46)60-54-22-12-9-19-47(54)56/h1-35H. The van der Waals surface area contributed by atoms with Crippen molar-refractivity contribution >= 4 is 10.9 Å². The maximum absolute atomic E-state index is 6.71. The lowest BCUT2D eigenvalue weighted by atomic mass is 9.65. The summed E-state index contributed by atoms with van der Waals surface area (Å²) in [6.45, 7) is 0. The van der Waals surface area contributed by atoms with Crippen LogP contribution in [0.5, 0.6) is 11.5 Å². The maximum Gasteiger partial charge on any atom is 0.160 e. The van der Waals surface area contributed by atoms with E-state index < -0.39 is 5.41 Å². The molecule has 0 radical (unpaired) electrons. The Morgan fingerprint density at radius 1 is 0.350 bits per heavy atom. The van der Waals surface area contributed by atoms with Crippen molar-refractivity contribution in [3.05, 3.63) is 235 Å². The largest absolute Gasteiger partial charge is 0.457 e. The molecule has 0 fully saturated rings. The van der Waals surface area contributed by atoms with Gasteiger partial charge in [0.2, 0.25) is 0 Å². The molecule has 10 aromatic rings. The summed E-state index contributed by atoms with van der Waals surface area (Å²) in [6.07, 6.45) is 1.90. The van der Waals surface area contributed by atoms with Crippen LogP contribution in [-0.4, -0.2) is 15.0 Å². The average molecular weight is 766 g/mol. The Morgan fingerprint density at radius 2 is 0.867 bits per heavy atom. The van der Waals surface area contributed by atoms with Gasteiger partial charge in [0.1, 0.15) is 11.5 Å². The fourth-order valence-corrected chi connectivity index (χ4v) is 9.50. The first-order valence-corrected chi connectivity index (χ1v) is 20.3.